The number of hydrogen-bond acceptors (Lipinski definition) is 5. The monoisotopic (exact) mass is 370 g/mol. The van der Waals surface area contributed by atoms with Crippen molar-refractivity contribution in [1.82, 2.24) is 10.0 Å². The minimum Gasteiger partial charge on any atom is -0.376 e. The van der Waals surface area contributed by atoms with Gasteiger partial charge >= 0.3 is 6.03 Å². The Morgan fingerprint density at radius 1 is 1.32 bits per heavy atom. The summed E-state index contributed by atoms with van der Waals surface area (Å²) in [4.78, 5) is 11.9. The standard InChI is InChI=1S/C17H26N2O5S/c1-4-15-12(2)16(24-10-13-8-6-5-7-9-13)14(11-23-15)18-17(20)19-25(3,21)22/h5-9,12,14-16H,4,10-11H2,1-3H3,(H2,18,19,20)/t12-,14+,15+,16-/m0/s1. The lowest BCUT2D eigenvalue weighted by Crippen LogP contribution is -2.58. The highest BCUT2D eigenvalue weighted by Crippen LogP contribution is 2.27. The molecule has 0 unspecified atom stereocenters. The maximum atomic E-state index is 11.9. The van der Waals surface area contributed by atoms with E-state index in [1.165, 1.54) is 0 Å². The number of hydrogen-bond donors (Lipinski definition) is 2. The topological polar surface area (TPSA) is 93.7 Å². The maximum Gasteiger partial charge on any atom is 0.328 e. The first-order chi connectivity index (χ1) is 11.8. The van der Waals surface area contributed by atoms with Crippen LogP contribution in [0.25, 0.3) is 0 Å². The molecule has 2 rings (SSSR count). The van der Waals surface area contributed by atoms with Gasteiger partial charge in [0.15, 0.2) is 0 Å². The highest BCUT2D eigenvalue weighted by molar-refractivity contribution is 7.89. The Morgan fingerprint density at radius 3 is 2.60 bits per heavy atom. The van der Waals surface area contributed by atoms with Crippen LogP contribution in [0.3, 0.4) is 0 Å². The van der Waals surface area contributed by atoms with Crippen LogP contribution in [0.15, 0.2) is 30.3 Å². The Balaban J connectivity index is 2.05. The molecular formula is C17H26N2O5S. The number of sulfonamides is 1. The van der Waals surface area contributed by atoms with E-state index in [0.717, 1.165) is 18.2 Å². The lowest BCUT2D eigenvalue weighted by Gasteiger charge is -2.41. The van der Waals surface area contributed by atoms with Crippen LogP contribution in [-0.4, -0.2) is 45.6 Å². The van der Waals surface area contributed by atoms with Crippen LogP contribution in [0.2, 0.25) is 0 Å². The van der Waals surface area contributed by atoms with Crippen LogP contribution in [0.1, 0.15) is 25.8 Å². The van der Waals surface area contributed by atoms with E-state index in [4.69, 9.17) is 9.47 Å². The van der Waals surface area contributed by atoms with Crippen molar-refractivity contribution in [3.63, 3.8) is 0 Å². The van der Waals surface area contributed by atoms with E-state index in [1.54, 1.807) is 0 Å². The van der Waals surface area contributed by atoms with E-state index in [2.05, 4.69) is 5.32 Å². The average Bonchev–Trinajstić information content (AvgIpc) is 2.54. The Hall–Kier alpha value is -1.64. The number of amides is 2. The summed E-state index contributed by atoms with van der Waals surface area (Å²) in [6, 6.07) is 8.56. The molecule has 25 heavy (non-hydrogen) atoms. The quantitative estimate of drug-likeness (QED) is 0.794. The molecule has 140 valence electrons. The van der Waals surface area contributed by atoms with E-state index in [0.29, 0.717) is 6.61 Å². The Bertz CT molecular complexity index is 665. The fourth-order valence-electron chi connectivity index (χ4n) is 3.07. The van der Waals surface area contributed by atoms with Gasteiger partial charge in [-0.2, -0.15) is 0 Å². The molecule has 1 aromatic rings. The molecule has 0 aromatic heterocycles. The van der Waals surface area contributed by atoms with Crippen molar-refractivity contribution >= 4 is 16.1 Å². The minimum atomic E-state index is -3.62. The van der Waals surface area contributed by atoms with Gasteiger partial charge in [-0.15, -0.1) is 0 Å². The number of nitrogens with one attached hydrogen (secondary N) is 2. The van der Waals surface area contributed by atoms with E-state index in [9.17, 15) is 13.2 Å². The van der Waals surface area contributed by atoms with Crippen molar-refractivity contribution in [1.29, 1.82) is 0 Å². The van der Waals surface area contributed by atoms with Gasteiger partial charge in [0, 0.05) is 5.92 Å². The van der Waals surface area contributed by atoms with Gasteiger partial charge in [-0.3, -0.25) is 0 Å². The average molecular weight is 370 g/mol. The van der Waals surface area contributed by atoms with Crippen LogP contribution in [0.4, 0.5) is 4.79 Å². The van der Waals surface area contributed by atoms with E-state index in [-0.39, 0.29) is 24.7 Å². The van der Waals surface area contributed by atoms with Crippen molar-refractivity contribution in [2.75, 3.05) is 12.9 Å². The summed E-state index contributed by atoms with van der Waals surface area (Å²) in [6.07, 6.45) is 1.54. The number of urea groups is 1. The Kier molecular flexibility index (Phi) is 6.80. The molecule has 0 saturated carbocycles. The predicted molar refractivity (Wildman–Crippen MR) is 94.5 cm³/mol. The van der Waals surface area contributed by atoms with E-state index < -0.39 is 22.1 Å². The van der Waals surface area contributed by atoms with Crippen LogP contribution < -0.4 is 10.0 Å². The first kappa shape index (κ1) is 19.7. The summed E-state index contributed by atoms with van der Waals surface area (Å²) in [6.45, 7) is 4.75. The van der Waals surface area contributed by atoms with Gasteiger partial charge in [0.05, 0.1) is 37.7 Å². The molecule has 0 radical (unpaired) electrons. The highest BCUT2D eigenvalue weighted by Gasteiger charge is 2.38. The van der Waals surface area contributed by atoms with Crippen molar-refractivity contribution in [3.05, 3.63) is 35.9 Å². The smallest absolute Gasteiger partial charge is 0.328 e. The Labute approximate surface area is 149 Å². The van der Waals surface area contributed by atoms with Crippen molar-refractivity contribution in [2.24, 2.45) is 5.92 Å². The summed E-state index contributed by atoms with van der Waals surface area (Å²) in [5, 5.41) is 2.66. The number of rotatable bonds is 6. The van der Waals surface area contributed by atoms with E-state index in [1.807, 2.05) is 48.9 Å². The van der Waals surface area contributed by atoms with Gasteiger partial charge in [-0.25, -0.2) is 17.9 Å². The third-order valence-electron chi connectivity index (χ3n) is 4.27. The lowest BCUT2D eigenvalue weighted by atomic mass is 9.88. The number of ether oxygens (including phenoxy) is 2. The molecule has 0 aliphatic carbocycles. The molecule has 4 atom stereocenters. The van der Waals surface area contributed by atoms with Gasteiger partial charge in [0.2, 0.25) is 10.0 Å². The third kappa shape index (κ3) is 5.98. The number of carbonyl (C=O) groups is 1. The molecule has 1 aliphatic rings. The molecule has 0 bridgehead atoms. The molecule has 8 heteroatoms. The SMILES string of the molecule is CC[C@H]1OC[C@@H](NC(=O)NS(C)(=O)=O)[C@@H](OCc2ccccc2)[C@H]1C. The summed E-state index contributed by atoms with van der Waals surface area (Å²) in [5.74, 6) is 0.0611. The predicted octanol–water partition coefficient (Wildman–Crippen LogP) is 1.64. The zero-order valence-electron chi connectivity index (χ0n) is 14.8. The van der Waals surface area contributed by atoms with Gasteiger partial charge < -0.3 is 14.8 Å². The summed E-state index contributed by atoms with van der Waals surface area (Å²) < 4.78 is 36.2. The zero-order valence-corrected chi connectivity index (χ0v) is 15.6. The molecule has 7 nitrogen and oxygen atoms in total. The first-order valence-corrected chi connectivity index (χ1v) is 10.2. The molecule has 1 aliphatic heterocycles. The minimum absolute atomic E-state index is 0.0387. The molecule has 2 N–H and O–H groups in total. The number of benzene rings is 1. The van der Waals surface area contributed by atoms with Gasteiger partial charge in [0.25, 0.3) is 0 Å². The fraction of sp³-hybridized carbons (Fsp3) is 0.588. The van der Waals surface area contributed by atoms with Crippen LogP contribution in [0, 0.1) is 5.92 Å². The van der Waals surface area contributed by atoms with Crippen LogP contribution >= 0.6 is 0 Å². The van der Waals surface area contributed by atoms with Crippen molar-refractivity contribution in [3.8, 4) is 0 Å². The molecule has 0 spiro atoms. The molecular weight excluding hydrogens is 344 g/mol. The molecule has 1 aromatic carbocycles. The normalized spacial score (nSPS) is 26.8. The van der Waals surface area contributed by atoms with Crippen LogP contribution in [0.5, 0.6) is 0 Å². The second-order valence-electron chi connectivity index (χ2n) is 6.35. The largest absolute Gasteiger partial charge is 0.376 e. The zero-order chi connectivity index (χ0) is 18.4. The van der Waals surface area contributed by atoms with Gasteiger partial charge in [0.1, 0.15) is 0 Å². The summed E-state index contributed by atoms with van der Waals surface area (Å²) in [5.41, 5.74) is 1.04. The van der Waals surface area contributed by atoms with Gasteiger partial charge in [-0.05, 0) is 12.0 Å². The maximum absolute atomic E-state index is 11.9. The summed E-state index contributed by atoms with van der Waals surface area (Å²) in [7, 11) is -3.62. The van der Waals surface area contributed by atoms with Crippen LogP contribution in [-0.2, 0) is 26.1 Å². The van der Waals surface area contributed by atoms with Crippen molar-refractivity contribution < 1.29 is 22.7 Å². The molecule has 1 saturated heterocycles. The highest BCUT2D eigenvalue weighted by atomic mass is 32.2. The second kappa shape index (κ2) is 8.64. The molecule has 1 heterocycles. The van der Waals surface area contributed by atoms with Gasteiger partial charge in [-0.1, -0.05) is 44.2 Å². The van der Waals surface area contributed by atoms with E-state index >= 15 is 0 Å². The second-order valence-corrected chi connectivity index (χ2v) is 8.10. The summed E-state index contributed by atoms with van der Waals surface area (Å²) >= 11 is 0. The lowest BCUT2D eigenvalue weighted by molar-refractivity contribution is -0.132. The fourth-order valence-corrected chi connectivity index (χ4v) is 3.46. The Morgan fingerprint density at radius 2 is 2.00 bits per heavy atom. The molecule has 2 amide bonds. The first-order valence-electron chi connectivity index (χ1n) is 8.35. The number of carbonyl (C=O) groups excluding carboxylic acids is 1. The third-order valence-corrected chi connectivity index (χ3v) is 4.83. The molecule has 1 fully saturated rings. The van der Waals surface area contributed by atoms with Crippen molar-refractivity contribution in [2.45, 2.75) is 45.1 Å².